The van der Waals surface area contributed by atoms with Crippen LogP contribution >= 0.6 is 0 Å². The number of ether oxygens (including phenoxy) is 1. The molecule has 0 saturated heterocycles. The summed E-state index contributed by atoms with van der Waals surface area (Å²) in [6, 6.07) is 1.91. The van der Waals surface area contributed by atoms with E-state index < -0.39 is 17.5 Å². The lowest BCUT2D eigenvalue weighted by molar-refractivity contribution is -0.144. The van der Waals surface area contributed by atoms with E-state index in [0.29, 0.717) is 0 Å². The van der Waals surface area contributed by atoms with Gasteiger partial charge in [0.1, 0.15) is 0 Å². The number of nitrogens with zero attached hydrogens (tertiary/aromatic N) is 1. The molecule has 0 aliphatic rings. The Morgan fingerprint density at radius 2 is 2.25 bits per heavy atom. The third-order valence-corrected chi connectivity index (χ3v) is 1.71. The second-order valence-corrected chi connectivity index (χ2v) is 3.13. The minimum Gasteiger partial charge on any atom is -0.469 e. The van der Waals surface area contributed by atoms with Gasteiger partial charge in [-0.3, -0.25) is 4.79 Å². The molecule has 0 radical (unpaired) electrons. The van der Waals surface area contributed by atoms with Gasteiger partial charge in [0.05, 0.1) is 31.1 Å². The average Bonchev–Trinajstić information content (AvgIpc) is 2.04. The van der Waals surface area contributed by atoms with Gasteiger partial charge in [0.2, 0.25) is 0 Å². The molecule has 0 fully saturated rings. The first-order valence-corrected chi connectivity index (χ1v) is 3.60. The predicted octanol–water partition coefficient (Wildman–Crippen LogP) is 0.460. The highest BCUT2D eigenvalue weighted by atomic mass is 16.5. The van der Waals surface area contributed by atoms with Crippen LogP contribution in [0.25, 0.3) is 0 Å². The summed E-state index contributed by atoms with van der Waals surface area (Å²) in [5.74, 6) is -0.508. The maximum Gasteiger partial charge on any atom is 0.308 e. The van der Waals surface area contributed by atoms with E-state index in [1.807, 2.05) is 6.07 Å². The highest BCUT2D eigenvalue weighted by molar-refractivity contribution is 5.69. The van der Waals surface area contributed by atoms with Crippen molar-refractivity contribution in [3.05, 3.63) is 0 Å². The molecule has 12 heavy (non-hydrogen) atoms. The molecule has 1 N–H and O–H groups in total. The van der Waals surface area contributed by atoms with Crippen molar-refractivity contribution in [2.24, 2.45) is 5.41 Å². The minimum atomic E-state index is -0.977. The largest absolute Gasteiger partial charge is 0.469 e. The van der Waals surface area contributed by atoms with Gasteiger partial charge in [0.25, 0.3) is 0 Å². The van der Waals surface area contributed by atoms with Gasteiger partial charge >= 0.3 is 5.97 Å². The van der Waals surface area contributed by atoms with Crippen LogP contribution in [0.2, 0.25) is 0 Å². The van der Waals surface area contributed by atoms with E-state index in [1.165, 1.54) is 7.11 Å². The molecule has 0 saturated carbocycles. The molecule has 0 bridgehead atoms. The number of carbonyl (C=O) groups is 1. The number of nitriles is 1. The Morgan fingerprint density at radius 3 is 2.58 bits per heavy atom. The predicted molar refractivity (Wildman–Crippen MR) is 42.0 cm³/mol. The maximum atomic E-state index is 10.7. The van der Waals surface area contributed by atoms with E-state index in [1.54, 1.807) is 13.8 Å². The topological polar surface area (TPSA) is 70.3 Å². The zero-order valence-electron chi connectivity index (χ0n) is 7.50. The van der Waals surface area contributed by atoms with E-state index in [4.69, 9.17) is 5.26 Å². The molecular formula is C8H13NO3. The van der Waals surface area contributed by atoms with Crippen molar-refractivity contribution in [3.8, 4) is 6.07 Å². The van der Waals surface area contributed by atoms with Crippen LogP contribution in [0, 0.1) is 16.7 Å². The molecule has 0 amide bonds. The molecule has 68 valence electrons. The maximum absolute atomic E-state index is 10.7. The molecular weight excluding hydrogens is 158 g/mol. The van der Waals surface area contributed by atoms with Crippen molar-refractivity contribution in [1.82, 2.24) is 0 Å². The summed E-state index contributed by atoms with van der Waals surface area (Å²) in [6.45, 7) is 3.14. The number of carbonyl (C=O) groups excluding carboxylic acids is 1. The summed E-state index contributed by atoms with van der Waals surface area (Å²) in [6.07, 6.45) is -1.12. The van der Waals surface area contributed by atoms with Crippen LogP contribution < -0.4 is 0 Å². The summed E-state index contributed by atoms with van der Waals surface area (Å²) < 4.78 is 4.35. The van der Waals surface area contributed by atoms with E-state index in [0.717, 1.165) is 0 Å². The molecule has 0 aromatic heterocycles. The van der Waals surface area contributed by atoms with Gasteiger partial charge in [-0.25, -0.2) is 0 Å². The summed E-state index contributed by atoms with van der Waals surface area (Å²) in [5, 5.41) is 17.9. The standard InChI is InChI=1S/C8H13NO3/c1-8(2,5-9)6(10)4-7(11)12-3/h6,10H,4H2,1-3H3/t6-/m0/s1. The third kappa shape index (κ3) is 2.89. The zero-order valence-corrected chi connectivity index (χ0v) is 7.50. The fourth-order valence-corrected chi connectivity index (χ4v) is 0.571. The molecule has 0 aliphatic carbocycles. The molecule has 4 nitrogen and oxygen atoms in total. The van der Waals surface area contributed by atoms with Gasteiger partial charge in [-0.2, -0.15) is 5.26 Å². The van der Waals surface area contributed by atoms with Gasteiger partial charge in [-0.1, -0.05) is 0 Å². The number of methoxy groups -OCH3 is 1. The summed E-state index contributed by atoms with van der Waals surface area (Å²) in [5.41, 5.74) is -0.909. The number of esters is 1. The monoisotopic (exact) mass is 171 g/mol. The van der Waals surface area contributed by atoms with E-state index >= 15 is 0 Å². The molecule has 4 heteroatoms. The Labute approximate surface area is 71.8 Å². The molecule has 0 spiro atoms. The highest BCUT2D eigenvalue weighted by Crippen LogP contribution is 2.21. The Hall–Kier alpha value is -1.08. The highest BCUT2D eigenvalue weighted by Gasteiger charge is 2.29. The number of aliphatic hydroxyl groups excluding tert-OH is 1. The van der Waals surface area contributed by atoms with E-state index in [-0.39, 0.29) is 6.42 Å². The summed E-state index contributed by atoms with van der Waals surface area (Å²) >= 11 is 0. The number of hydrogen-bond donors (Lipinski definition) is 1. The van der Waals surface area contributed by atoms with Crippen molar-refractivity contribution in [3.63, 3.8) is 0 Å². The Morgan fingerprint density at radius 1 is 1.75 bits per heavy atom. The molecule has 0 rings (SSSR count). The van der Waals surface area contributed by atoms with Crippen molar-refractivity contribution in [1.29, 1.82) is 5.26 Å². The minimum absolute atomic E-state index is 0.142. The lowest BCUT2D eigenvalue weighted by Gasteiger charge is -2.21. The van der Waals surface area contributed by atoms with Crippen LogP contribution in [0.3, 0.4) is 0 Å². The van der Waals surface area contributed by atoms with Gasteiger partial charge in [0, 0.05) is 0 Å². The van der Waals surface area contributed by atoms with Crippen LogP contribution in [0.1, 0.15) is 20.3 Å². The van der Waals surface area contributed by atoms with Crippen LogP contribution in [0.4, 0.5) is 0 Å². The fraction of sp³-hybridized carbons (Fsp3) is 0.750. The van der Waals surface area contributed by atoms with Crippen LogP contribution in [-0.4, -0.2) is 24.3 Å². The van der Waals surface area contributed by atoms with Gasteiger partial charge < -0.3 is 9.84 Å². The lowest BCUT2D eigenvalue weighted by Crippen LogP contribution is -2.30. The first kappa shape index (κ1) is 10.9. The lowest BCUT2D eigenvalue weighted by atomic mass is 9.87. The van der Waals surface area contributed by atoms with Crippen molar-refractivity contribution < 1.29 is 14.6 Å². The number of hydrogen-bond acceptors (Lipinski definition) is 4. The molecule has 0 aromatic rings. The van der Waals surface area contributed by atoms with Crippen LogP contribution in [-0.2, 0) is 9.53 Å². The van der Waals surface area contributed by atoms with E-state index in [2.05, 4.69) is 4.74 Å². The smallest absolute Gasteiger partial charge is 0.308 e. The zero-order chi connectivity index (χ0) is 9.78. The van der Waals surface area contributed by atoms with Crippen molar-refractivity contribution in [2.75, 3.05) is 7.11 Å². The molecule has 1 atom stereocenters. The number of rotatable bonds is 3. The molecule has 0 unspecified atom stereocenters. The second kappa shape index (κ2) is 4.07. The Bertz CT molecular complexity index is 205. The second-order valence-electron chi connectivity index (χ2n) is 3.13. The van der Waals surface area contributed by atoms with Crippen LogP contribution in [0.15, 0.2) is 0 Å². The Kier molecular flexibility index (Phi) is 3.71. The number of aliphatic hydroxyl groups is 1. The van der Waals surface area contributed by atoms with Crippen molar-refractivity contribution >= 4 is 5.97 Å². The van der Waals surface area contributed by atoms with Gasteiger partial charge in [0.15, 0.2) is 0 Å². The van der Waals surface area contributed by atoms with Gasteiger partial charge in [-0.15, -0.1) is 0 Å². The summed E-state index contributed by atoms with van der Waals surface area (Å²) in [7, 11) is 1.24. The van der Waals surface area contributed by atoms with Crippen molar-refractivity contribution in [2.45, 2.75) is 26.4 Å². The first-order valence-electron chi connectivity index (χ1n) is 3.60. The third-order valence-electron chi connectivity index (χ3n) is 1.71. The van der Waals surface area contributed by atoms with Gasteiger partial charge in [-0.05, 0) is 13.8 Å². The van der Waals surface area contributed by atoms with E-state index in [9.17, 15) is 9.90 Å². The SMILES string of the molecule is COC(=O)C[C@H](O)C(C)(C)C#N. The quantitative estimate of drug-likeness (QED) is 0.626. The molecule has 0 aromatic carbocycles. The average molecular weight is 171 g/mol. The van der Waals surface area contributed by atoms with Crippen LogP contribution in [0.5, 0.6) is 0 Å². The Balaban J connectivity index is 4.14. The molecule has 0 aliphatic heterocycles. The molecule has 0 heterocycles. The first-order chi connectivity index (χ1) is 5.44. The fourth-order valence-electron chi connectivity index (χ4n) is 0.571. The normalized spacial score (nSPS) is 13.2. The summed E-state index contributed by atoms with van der Waals surface area (Å²) in [4.78, 5) is 10.7.